The van der Waals surface area contributed by atoms with E-state index in [4.69, 9.17) is 10.7 Å². The molecule has 0 aliphatic heterocycles. The fourth-order valence-electron chi connectivity index (χ4n) is 3.52. The highest BCUT2D eigenvalue weighted by atomic mass is 31.0. The van der Waals surface area contributed by atoms with Crippen LogP contribution in [0.4, 0.5) is 5.69 Å². The highest BCUT2D eigenvalue weighted by Crippen LogP contribution is 2.35. The number of nitrogen functional groups attached to an aromatic ring is 1. The lowest BCUT2D eigenvalue weighted by Crippen LogP contribution is -2.16. The molecule has 0 fully saturated rings. The van der Waals surface area contributed by atoms with Gasteiger partial charge in [-0.05, 0) is 60.3 Å². The first-order valence-electron chi connectivity index (χ1n) is 7.75. The Kier molecular flexibility index (Phi) is 3.42. The maximum atomic E-state index is 10.9. The molecule has 0 spiro atoms. The molecule has 2 unspecified atom stereocenters. The molecule has 3 aromatic rings. The van der Waals surface area contributed by atoms with E-state index in [2.05, 4.69) is 19.7 Å². The molecule has 0 bridgehead atoms. The van der Waals surface area contributed by atoms with Crippen LogP contribution in [0.1, 0.15) is 39.6 Å². The molecule has 2 heterocycles. The molecule has 1 aliphatic carbocycles. The summed E-state index contributed by atoms with van der Waals surface area (Å²) in [5, 5.41) is 1.16. The number of fused-ring (bicyclic) bond motifs is 3. The van der Waals surface area contributed by atoms with E-state index in [0.29, 0.717) is 11.5 Å². The molecule has 5 heteroatoms. The van der Waals surface area contributed by atoms with Gasteiger partial charge >= 0.3 is 0 Å². The normalized spacial score (nSPS) is 17.2. The third kappa shape index (κ3) is 2.43. The number of anilines is 1. The number of carbonyl (C=O) groups is 1. The Morgan fingerprint density at radius 2 is 2.17 bits per heavy atom. The molecule has 4 rings (SSSR count). The zero-order valence-corrected chi connectivity index (χ0v) is 13.9. The largest absolute Gasteiger partial charge is 0.398 e. The second-order valence-electron chi connectivity index (χ2n) is 6.14. The lowest BCUT2D eigenvalue weighted by atomic mass is 9.84. The lowest BCUT2D eigenvalue weighted by molar-refractivity contribution is 0.112. The Balaban J connectivity index is 1.74. The fraction of sp³-hybridized carbons (Fsp3) is 0.222. The van der Waals surface area contributed by atoms with Crippen molar-refractivity contribution in [2.75, 3.05) is 5.73 Å². The third-order valence-electron chi connectivity index (χ3n) is 4.69. The molecule has 1 aromatic carbocycles. The summed E-state index contributed by atoms with van der Waals surface area (Å²) in [6, 6.07) is 9.84. The van der Waals surface area contributed by atoms with Crippen LogP contribution in [0.3, 0.4) is 0 Å². The van der Waals surface area contributed by atoms with E-state index in [9.17, 15) is 4.79 Å². The Labute approximate surface area is 136 Å². The summed E-state index contributed by atoms with van der Waals surface area (Å²) < 4.78 is 2.11. The number of aryl methyl sites for hydroxylation is 1. The van der Waals surface area contributed by atoms with Gasteiger partial charge < -0.3 is 10.1 Å². The number of nitrogens with zero attached hydrogens (tertiary/aromatic N) is 2. The first kappa shape index (κ1) is 14.4. The van der Waals surface area contributed by atoms with Crippen molar-refractivity contribution in [2.45, 2.75) is 25.2 Å². The van der Waals surface area contributed by atoms with Gasteiger partial charge in [0.15, 0.2) is 0 Å². The van der Waals surface area contributed by atoms with Gasteiger partial charge in [-0.25, -0.2) is 4.98 Å². The summed E-state index contributed by atoms with van der Waals surface area (Å²) in [7, 11) is 2.74. The van der Waals surface area contributed by atoms with Crippen LogP contribution in [-0.2, 0) is 12.8 Å². The van der Waals surface area contributed by atoms with Crippen molar-refractivity contribution in [3.05, 3.63) is 59.0 Å². The molecule has 2 atom stereocenters. The van der Waals surface area contributed by atoms with E-state index >= 15 is 0 Å². The molecule has 0 saturated heterocycles. The van der Waals surface area contributed by atoms with E-state index in [1.807, 2.05) is 30.5 Å². The summed E-state index contributed by atoms with van der Waals surface area (Å²) >= 11 is 0. The van der Waals surface area contributed by atoms with E-state index < -0.39 is 0 Å². The third-order valence-corrected chi connectivity index (χ3v) is 5.05. The van der Waals surface area contributed by atoms with Crippen LogP contribution in [0.15, 0.2) is 36.5 Å². The molecule has 4 nitrogen and oxygen atoms in total. The predicted octanol–water partition coefficient (Wildman–Crippen LogP) is 2.50. The quantitative estimate of drug-likeness (QED) is 0.448. The molecule has 0 radical (unpaired) electrons. The van der Waals surface area contributed by atoms with Crippen LogP contribution in [0.2, 0.25) is 0 Å². The lowest BCUT2D eigenvalue weighted by Gasteiger charge is -2.23. The average Bonchev–Trinajstić information content (AvgIpc) is 2.93. The van der Waals surface area contributed by atoms with E-state index in [-0.39, 0.29) is 0 Å². The summed E-state index contributed by atoms with van der Waals surface area (Å²) in [5.74, 6) is 0.401. The van der Waals surface area contributed by atoms with Crippen LogP contribution >= 0.6 is 9.24 Å². The summed E-state index contributed by atoms with van der Waals surface area (Å²) in [6.45, 7) is 0. The van der Waals surface area contributed by atoms with Crippen LogP contribution in [-0.4, -0.2) is 15.7 Å². The van der Waals surface area contributed by atoms with Crippen molar-refractivity contribution in [3.63, 3.8) is 0 Å². The van der Waals surface area contributed by atoms with Crippen LogP contribution in [0.25, 0.3) is 5.65 Å². The van der Waals surface area contributed by atoms with Gasteiger partial charge in [-0.1, -0.05) is 6.07 Å². The zero-order valence-electron chi connectivity index (χ0n) is 12.7. The van der Waals surface area contributed by atoms with Gasteiger partial charge in [0.25, 0.3) is 0 Å². The number of hydrogen-bond acceptors (Lipinski definition) is 3. The topological polar surface area (TPSA) is 60.4 Å². The number of aldehydes is 1. The molecule has 0 saturated carbocycles. The number of carbonyl (C=O) groups excluding carboxylic acids is 1. The number of pyridine rings is 1. The second-order valence-corrected chi connectivity index (χ2v) is 6.81. The summed E-state index contributed by atoms with van der Waals surface area (Å²) in [5.41, 5.74) is 12.2. The van der Waals surface area contributed by atoms with Gasteiger partial charge in [0, 0.05) is 23.1 Å². The van der Waals surface area contributed by atoms with Gasteiger partial charge in [0.05, 0.1) is 5.69 Å². The monoisotopic (exact) mass is 323 g/mol. The minimum Gasteiger partial charge on any atom is -0.398 e. The Bertz CT molecular complexity index is 916. The molecule has 1 aliphatic rings. The number of nitrogens with two attached hydrogens (primary N) is 1. The standard InChI is InChI=1S/C18H18N3OP/c19-15-3-2-13(23)9-14(15)12-1-4-17-16(8-12)20-18-7-11(10-22)5-6-21(17)18/h2-3,5-7,9-10,12H,1,4,8,19,23H2. The number of hydrogen-bond donors (Lipinski definition) is 1. The maximum absolute atomic E-state index is 10.9. The molecular formula is C18H18N3OP. The van der Waals surface area contributed by atoms with E-state index in [1.165, 1.54) is 11.3 Å². The second kappa shape index (κ2) is 5.47. The van der Waals surface area contributed by atoms with Crippen molar-refractivity contribution in [1.82, 2.24) is 9.38 Å². The van der Waals surface area contributed by atoms with Crippen molar-refractivity contribution in [2.24, 2.45) is 0 Å². The average molecular weight is 323 g/mol. The van der Waals surface area contributed by atoms with Gasteiger partial charge in [0.1, 0.15) is 11.9 Å². The van der Waals surface area contributed by atoms with Crippen molar-refractivity contribution < 1.29 is 4.79 Å². The van der Waals surface area contributed by atoms with Gasteiger partial charge in [-0.3, -0.25) is 4.79 Å². The highest BCUT2D eigenvalue weighted by Gasteiger charge is 2.25. The molecule has 2 aromatic heterocycles. The minimum atomic E-state index is 0.401. The minimum absolute atomic E-state index is 0.401. The summed E-state index contributed by atoms with van der Waals surface area (Å²) in [6.07, 6.45) is 5.74. The van der Waals surface area contributed by atoms with Gasteiger partial charge in [-0.15, -0.1) is 9.24 Å². The van der Waals surface area contributed by atoms with Gasteiger partial charge in [-0.2, -0.15) is 0 Å². The first-order chi connectivity index (χ1) is 11.2. The maximum Gasteiger partial charge on any atom is 0.150 e. The van der Waals surface area contributed by atoms with E-state index in [0.717, 1.165) is 47.9 Å². The number of imidazole rings is 1. The zero-order chi connectivity index (χ0) is 16.0. The molecule has 23 heavy (non-hydrogen) atoms. The molecule has 2 N–H and O–H groups in total. The smallest absolute Gasteiger partial charge is 0.150 e. The Hall–Kier alpha value is -2.19. The van der Waals surface area contributed by atoms with Gasteiger partial charge in [0.2, 0.25) is 0 Å². The van der Waals surface area contributed by atoms with Crippen molar-refractivity contribution >= 4 is 32.2 Å². The van der Waals surface area contributed by atoms with Crippen molar-refractivity contribution in [1.29, 1.82) is 0 Å². The number of benzene rings is 1. The number of aromatic nitrogens is 2. The number of rotatable bonds is 2. The van der Waals surface area contributed by atoms with Crippen LogP contribution in [0, 0.1) is 0 Å². The van der Waals surface area contributed by atoms with Crippen molar-refractivity contribution in [3.8, 4) is 0 Å². The van der Waals surface area contributed by atoms with Crippen LogP contribution in [0.5, 0.6) is 0 Å². The molecule has 0 amide bonds. The SMILES string of the molecule is Nc1ccc(P)cc1C1CCc2c(nc3cc(C=O)ccn23)C1. The first-order valence-corrected chi connectivity index (χ1v) is 8.33. The van der Waals surface area contributed by atoms with E-state index in [1.54, 1.807) is 0 Å². The Morgan fingerprint density at radius 1 is 1.30 bits per heavy atom. The summed E-state index contributed by atoms with van der Waals surface area (Å²) in [4.78, 5) is 15.7. The van der Waals surface area contributed by atoms with Crippen LogP contribution < -0.4 is 11.0 Å². The highest BCUT2D eigenvalue weighted by molar-refractivity contribution is 7.27. The molecule has 116 valence electrons. The molecular weight excluding hydrogens is 305 g/mol. The predicted molar refractivity (Wildman–Crippen MR) is 95.5 cm³/mol. The fourth-order valence-corrected chi connectivity index (χ4v) is 3.80. The Morgan fingerprint density at radius 3 is 3.00 bits per heavy atom.